The smallest absolute Gasteiger partial charge is 0.0631 e. The molecule has 0 aliphatic heterocycles. The van der Waals surface area contributed by atoms with Crippen LogP contribution in [0, 0.1) is 11.3 Å². The lowest BCUT2D eigenvalue weighted by Crippen LogP contribution is -2.38. The number of nitrogens with zero attached hydrogens (tertiary/aromatic N) is 2. The van der Waals surface area contributed by atoms with Gasteiger partial charge in [-0.25, -0.2) is 0 Å². The van der Waals surface area contributed by atoms with Gasteiger partial charge in [0.1, 0.15) is 0 Å². The van der Waals surface area contributed by atoms with Gasteiger partial charge >= 0.3 is 0 Å². The Morgan fingerprint density at radius 1 is 1.45 bits per heavy atom. The fourth-order valence-corrected chi connectivity index (χ4v) is 3.51. The second-order valence-corrected chi connectivity index (χ2v) is 6.86. The molecular weight excluding hydrogens is 250 g/mol. The van der Waals surface area contributed by atoms with Crippen molar-refractivity contribution in [2.24, 2.45) is 17.1 Å². The molecule has 0 bridgehead atoms. The molecule has 1 heterocycles. The molecule has 1 aliphatic carbocycles. The Kier molecular flexibility index (Phi) is 5.22. The summed E-state index contributed by atoms with van der Waals surface area (Å²) in [5, 5.41) is 14.5. The van der Waals surface area contributed by atoms with Gasteiger partial charge in [-0.3, -0.25) is 4.68 Å². The molecule has 1 fully saturated rings. The highest BCUT2D eigenvalue weighted by atomic mass is 16.3. The second-order valence-electron chi connectivity index (χ2n) is 6.86. The topological polar surface area (TPSA) is 64.1 Å². The van der Waals surface area contributed by atoms with Gasteiger partial charge in [-0.2, -0.15) is 5.10 Å². The van der Waals surface area contributed by atoms with Crippen molar-refractivity contribution in [2.75, 3.05) is 13.2 Å². The maximum atomic E-state index is 9.79. The molecule has 1 aliphatic rings. The minimum atomic E-state index is -0.219. The zero-order chi connectivity index (χ0) is 14.6. The third-order valence-corrected chi connectivity index (χ3v) is 4.53. The van der Waals surface area contributed by atoms with Crippen molar-refractivity contribution in [3.8, 4) is 0 Å². The monoisotopic (exact) mass is 279 g/mol. The average molecular weight is 279 g/mol. The van der Waals surface area contributed by atoms with Gasteiger partial charge in [-0.1, -0.05) is 26.7 Å². The van der Waals surface area contributed by atoms with E-state index in [-0.39, 0.29) is 12.0 Å². The molecule has 0 saturated heterocycles. The lowest BCUT2D eigenvalue weighted by atomic mass is 9.77. The summed E-state index contributed by atoms with van der Waals surface area (Å²) < 4.78 is 2.12. The Morgan fingerprint density at radius 2 is 2.15 bits per heavy atom. The summed E-state index contributed by atoms with van der Waals surface area (Å²) in [5.41, 5.74) is 6.80. The lowest BCUT2D eigenvalue weighted by molar-refractivity contribution is 0.106. The van der Waals surface area contributed by atoms with E-state index in [1.54, 1.807) is 0 Å². The van der Waals surface area contributed by atoms with Crippen LogP contribution in [0.3, 0.4) is 0 Å². The van der Waals surface area contributed by atoms with Crippen LogP contribution in [0.4, 0.5) is 0 Å². The van der Waals surface area contributed by atoms with Gasteiger partial charge in [0, 0.05) is 24.6 Å². The van der Waals surface area contributed by atoms with Crippen LogP contribution >= 0.6 is 0 Å². The van der Waals surface area contributed by atoms with Crippen LogP contribution in [0.5, 0.6) is 0 Å². The number of hydrogen-bond donors (Lipinski definition) is 2. The van der Waals surface area contributed by atoms with Crippen LogP contribution < -0.4 is 5.73 Å². The summed E-state index contributed by atoms with van der Waals surface area (Å²) in [6, 6.07) is 2.67. The quantitative estimate of drug-likeness (QED) is 0.806. The molecule has 4 nitrogen and oxygen atoms in total. The highest BCUT2D eigenvalue weighted by Crippen LogP contribution is 2.31. The molecule has 1 unspecified atom stereocenters. The molecule has 2 rings (SSSR count). The first-order valence-electron chi connectivity index (χ1n) is 7.93. The summed E-state index contributed by atoms with van der Waals surface area (Å²) >= 11 is 0. The van der Waals surface area contributed by atoms with Gasteiger partial charge in [0.2, 0.25) is 0 Å². The zero-order valence-corrected chi connectivity index (χ0v) is 12.9. The molecule has 0 radical (unpaired) electrons. The van der Waals surface area contributed by atoms with Gasteiger partial charge in [0.05, 0.1) is 18.3 Å². The van der Waals surface area contributed by atoms with Crippen LogP contribution in [0.2, 0.25) is 0 Å². The summed E-state index contributed by atoms with van der Waals surface area (Å²) in [5.74, 6) is 0.530. The van der Waals surface area contributed by atoms with E-state index < -0.39 is 0 Å². The molecule has 1 aromatic rings. The normalized spacial score (nSPS) is 19.6. The third-order valence-electron chi connectivity index (χ3n) is 4.53. The van der Waals surface area contributed by atoms with Gasteiger partial charge in [0.25, 0.3) is 0 Å². The third kappa shape index (κ3) is 3.61. The van der Waals surface area contributed by atoms with Crippen LogP contribution in [0.15, 0.2) is 12.3 Å². The number of hydrogen-bond acceptors (Lipinski definition) is 3. The van der Waals surface area contributed by atoms with Crippen molar-refractivity contribution < 1.29 is 5.11 Å². The Bertz CT molecular complexity index is 404. The number of aromatic nitrogens is 2. The van der Waals surface area contributed by atoms with Gasteiger partial charge < -0.3 is 10.8 Å². The van der Waals surface area contributed by atoms with Crippen LogP contribution in [-0.2, 0) is 6.42 Å². The Morgan fingerprint density at radius 3 is 2.70 bits per heavy atom. The fraction of sp³-hybridized carbons (Fsp3) is 0.812. The molecule has 1 aromatic heterocycles. The van der Waals surface area contributed by atoms with Crippen molar-refractivity contribution in [1.29, 1.82) is 0 Å². The van der Waals surface area contributed by atoms with Crippen molar-refractivity contribution in [3.05, 3.63) is 18.0 Å². The number of rotatable bonds is 7. The van der Waals surface area contributed by atoms with E-state index in [1.165, 1.54) is 25.7 Å². The molecule has 3 N–H and O–H groups in total. The minimum Gasteiger partial charge on any atom is -0.396 e. The SMILES string of the molecule is CC(C)CC(CN)(CO)Cc1ccn(C2CCCC2)n1. The maximum absolute atomic E-state index is 9.79. The highest BCUT2D eigenvalue weighted by Gasteiger charge is 2.30. The Labute approximate surface area is 122 Å². The van der Waals surface area contributed by atoms with E-state index in [0.717, 1.165) is 18.5 Å². The van der Waals surface area contributed by atoms with Gasteiger partial charge in [0.15, 0.2) is 0 Å². The minimum absolute atomic E-state index is 0.137. The van der Waals surface area contributed by atoms with Crippen molar-refractivity contribution in [1.82, 2.24) is 9.78 Å². The number of nitrogens with two attached hydrogens (primary N) is 1. The van der Waals surface area contributed by atoms with Crippen LogP contribution in [0.25, 0.3) is 0 Å². The standard InChI is InChI=1S/C16H29N3O/c1-13(2)9-16(11-17,12-20)10-14-7-8-19(18-14)15-5-3-4-6-15/h7-8,13,15,20H,3-6,9-12,17H2,1-2H3. The first-order chi connectivity index (χ1) is 9.58. The molecular formula is C16H29N3O. The molecule has 1 atom stereocenters. The van der Waals surface area contributed by atoms with Crippen LogP contribution in [-0.4, -0.2) is 28.0 Å². The number of aliphatic hydroxyl groups excluding tert-OH is 1. The average Bonchev–Trinajstić information content (AvgIpc) is 3.07. The van der Waals surface area contributed by atoms with E-state index >= 15 is 0 Å². The Hall–Kier alpha value is -0.870. The molecule has 20 heavy (non-hydrogen) atoms. The van der Waals surface area contributed by atoms with Gasteiger partial charge in [-0.05, 0) is 31.2 Å². The molecule has 4 heteroatoms. The first-order valence-corrected chi connectivity index (χ1v) is 7.93. The van der Waals surface area contributed by atoms with Gasteiger partial charge in [-0.15, -0.1) is 0 Å². The van der Waals surface area contributed by atoms with Crippen molar-refractivity contribution in [2.45, 2.75) is 58.4 Å². The van der Waals surface area contributed by atoms with E-state index in [0.29, 0.717) is 18.5 Å². The van der Waals surface area contributed by atoms with E-state index in [1.807, 2.05) is 0 Å². The van der Waals surface area contributed by atoms with E-state index in [2.05, 4.69) is 30.8 Å². The predicted octanol–water partition coefficient (Wildman–Crippen LogP) is 2.52. The molecule has 1 saturated carbocycles. The maximum Gasteiger partial charge on any atom is 0.0631 e. The first kappa shape index (κ1) is 15.5. The number of aliphatic hydroxyl groups is 1. The zero-order valence-electron chi connectivity index (χ0n) is 12.9. The predicted molar refractivity (Wildman–Crippen MR) is 81.5 cm³/mol. The molecule has 0 spiro atoms. The lowest BCUT2D eigenvalue weighted by Gasteiger charge is -2.31. The largest absolute Gasteiger partial charge is 0.396 e. The summed E-state index contributed by atoms with van der Waals surface area (Å²) in [6.07, 6.45) is 8.94. The van der Waals surface area contributed by atoms with E-state index in [4.69, 9.17) is 10.8 Å². The summed E-state index contributed by atoms with van der Waals surface area (Å²) in [7, 11) is 0. The Balaban J connectivity index is 2.06. The molecule has 114 valence electrons. The van der Waals surface area contributed by atoms with E-state index in [9.17, 15) is 5.11 Å². The fourth-order valence-electron chi connectivity index (χ4n) is 3.51. The summed E-state index contributed by atoms with van der Waals surface area (Å²) in [4.78, 5) is 0. The second kappa shape index (κ2) is 6.72. The van der Waals surface area contributed by atoms with Crippen molar-refractivity contribution in [3.63, 3.8) is 0 Å². The molecule has 0 amide bonds. The van der Waals surface area contributed by atoms with Crippen LogP contribution in [0.1, 0.15) is 57.7 Å². The summed E-state index contributed by atoms with van der Waals surface area (Å²) in [6.45, 7) is 5.00. The molecule has 0 aromatic carbocycles. The van der Waals surface area contributed by atoms with Crippen molar-refractivity contribution >= 4 is 0 Å². The highest BCUT2D eigenvalue weighted by molar-refractivity contribution is 5.05.